The summed E-state index contributed by atoms with van der Waals surface area (Å²) in [7, 11) is 1.77. The van der Waals surface area contributed by atoms with Crippen LogP contribution in [0.2, 0.25) is 0 Å². The van der Waals surface area contributed by atoms with Gasteiger partial charge in [0.05, 0.1) is 6.42 Å². The number of likely N-dealkylation sites (N-methyl/N-ethyl adjacent to an activating group) is 1. The molecule has 3 nitrogen and oxygen atoms in total. The minimum absolute atomic E-state index is 0.0959. The maximum absolute atomic E-state index is 11.7. The zero-order valence-electron chi connectivity index (χ0n) is 8.74. The SMILES string of the molecule is CN(CCN)C(=O)Cc1cccc(Br)c1. The van der Waals surface area contributed by atoms with Crippen molar-refractivity contribution in [1.82, 2.24) is 4.90 Å². The Morgan fingerprint density at radius 2 is 2.27 bits per heavy atom. The number of benzene rings is 1. The van der Waals surface area contributed by atoms with Gasteiger partial charge in [-0.2, -0.15) is 0 Å². The molecule has 1 aromatic carbocycles. The predicted molar refractivity (Wildman–Crippen MR) is 64.5 cm³/mol. The zero-order chi connectivity index (χ0) is 11.3. The molecular formula is C11H15BrN2O. The van der Waals surface area contributed by atoms with Crippen LogP contribution in [0.4, 0.5) is 0 Å². The lowest BCUT2D eigenvalue weighted by Gasteiger charge is -2.15. The molecule has 1 aromatic rings. The Hall–Kier alpha value is -0.870. The molecule has 0 aliphatic heterocycles. The normalized spacial score (nSPS) is 10.1. The standard InChI is InChI=1S/C11H15BrN2O/c1-14(6-5-13)11(15)8-9-3-2-4-10(12)7-9/h2-4,7H,5-6,8,13H2,1H3. The van der Waals surface area contributed by atoms with Crippen molar-refractivity contribution in [3.05, 3.63) is 34.3 Å². The van der Waals surface area contributed by atoms with Crippen molar-refractivity contribution in [3.63, 3.8) is 0 Å². The largest absolute Gasteiger partial charge is 0.344 e. The van der Waals surface area contributed by atoms with Crippen molar-refractivity contribution in [1.29, 1.82) is 0 Å². The van der Waals surface area contributed by atoms with Gasteiger partial charge in [0.25, 0.3) is 0 Å². The number of rotatable bonds is 4. The Bertz CT molecular complexity index is 341. The summed E-state index contributed by atoms with van der Waals surface area (Å²) in [6.07, 6.45) is 0.427. The lowest BCUT2D eigenvalue weighted by atomic mass is 10.1. The smallest absolute Gasteiger partial charge is 0.226 e. The molecular weight excluding hydrogens is 256 g/mol. The number of hydrogen-bond acceptors (Lipinski definition) is 2. The quantitative estimate of drug-likeness (QED) is 0.900. The molecule has 0 bridgehead atoms. The molecule has 2 N–H and O–H groups in total. The van der Waals surface area contributed by atoms with E-state index in [2.05, 4.69) is 15.9 Å². The lowest BCUT2D eigenvalue weighted by Crippen LogP contribution is -2.32. The first-order valence-corrected chi connectivity index (χ1v) is 5.61. The van der Waals surface area contributed by atoms with E-state index in [9.17, 15) is 4.79 Å². The van der Waals surface area contributed by atoms with Gasteiger partial charge in [0.2, 0.25) is 5.91 Å². The number of hydrogen-bond donors (Lipinski definition) is 1. The maximum Gasteiger partial charge on any atom is 0.226 e. The second-order valence-electron chi connectivity index (χ2n) is 3.41. The number of nitrogens with two attached hydrogens (primary N) is 1. The first kappa shape index (κ1) is 12.2. The van der Waals surface area contributed by atoms with E-state index in [1.54, 1.807) is 11.9 Å². The van der Waals surface area contributed by atoms with Gasteiger partial charge in [-0.1, -0.05) is 28.1 Å². The van der Waals surface area contributed by atoms with Gasteiger partial charge in [-0.25, -0.2) is 0 Å². The van der Waals surface area contributed by atoms with E-state index in [0.717, 1.165) is 10.0 Å². The molecule has 82 valence electrons. The monoisotopic (exact) mass is 270 g/mol. The van der Waals surface area contributed by atoms with Gasteiger partial charge in [0.15, 0.2) is 0 Å². The Labute approximate surface area is 98.4 Å². The minimum atomic E-state index is 0.0959. The second kappa shape index (κ2) is 5.88. The first-order chi connectivity index (χ1) is 7.13. The van der Waals surface area contributed by atoms with Crippen LogP contribution in [0.25, 0.3) is 0 Å². The number of nitrogens with zero attached hydrogens (tertiary/aromatic N) is 1. The topological polar surface area (TPSA) is 46.3 Å². The first-order valence-electron chi connectivity index (χ1n) is 4.82. The average molecular weight is 271 g/mol. The molecule has 0 heterocycles. The van der Waals surface area contributed by atoms with Crippen LogP contribution < -0.4 is 5.73 Å². The summed E-state index contributed by atoms with van der Waals surface area (Å²) in [5, 5.41) is 0. The summed E-state index contributed by atoms with van der Waals surface area (Å²) in [5.41, 5.74) is 6.40. The van der Waals surface area contributed by atoms with Crippen LogP contribution in [0.5, 0.6) is 0 Å². The Kier molecular flexibility index (Phi) is 4.78. The Balaban J connectivity index is 2.58. The molecule has 0 spiro atoms. The van der Waals surface area contributed by atoms with E-state index in [-0.39, 0.29) is 5.91 Å². The van der Waals surface area contributed by atoms with Crippen LogP contribution in [-0.4, -0.2) is 30.9 Å². The van der Waals surface area contributed by atoms with Crippen molar-refractivity contribution >= 4 is 21.8 Å². The molecule has 0 fully saturated rings. The van der Waals surface area contributed by atoms with Gasteiger partial charge in [0, 0.05) is 24.6 Å². The molecule has 0 aliphatic carbocycles. The number of carbonyl (C=O) groups excluding carboxylic acids is 1. The Morgan fingerprint density at radius 3 is 2.87 bits per heavy atom. The van der Waals surface area contributed by atoms with Gasteiger partial charge in [0.1, 0.15) is 0 Å². The molecule has 0 saturated carbocycles. The third-order valence-corrected chi connectivity index (χ3v) is 2.63. The summed E-state index contributed by atoms with van der Waals surface area (Å²) >= 11 is 3.37. The fraction of sp³-hybridized carbons (Fsp3) is 0.364. The number of carbonyl (C=O) groups is 1. The van der Waals surface area contributed by atoms with Crippen molar-refractivity contribution in [2.75, 3.05) is 20.1 Å². The van der Waals surface area contributed by atoms with Gasteiger partial charge in [-0.05, 0) is 17.7 Å². The van der Waals surface area contributed by atoms with Crippen LogP contribution in [0.3, 0.4) is 0 Å². The molecule has 0 saturated heterocycles. The molecule has 15 heavy (non-hydrogen) atoms. The van der Waals surface area contributed by atoms with E-state index in [0.29, 0.717) is 19.5 Å². The van der Waals surface area contributed by atoms with Crippen molar-refractivity contribution in [3.8, 4) is 0 Å². The zero-order valence-corrected chi connectivity index (χ0v) is 10.3. The van der Waals surface area contributed by atoms with Crippen LogP contribution in [-0.2, 0) is 11.2 Å². The summed E-state index contributed by atoms with van der Waals surface area (Å²) in [5.74, 6) is 0.0959. The lowest BCUT2D eigenvalue weighted by molar-refractivity contribution is -0.129. The highest BCUT2D eigenvalue weighted by atomic mass is 79.9. The van der Waals surface area contributed by atoms with Crippen LogP contribution in [0.15, 0.2) is 28.7 Å². The highest BCUT2D eigenvalue weighted by molar-refractivity contribution is 9.10. The van der Waals surface area contributed by atoms with E-state index >= 15 is 0 Å². The van der Waals surface area contributed by atoms with Gasteiger partial charge in [-0.15, -0.1) is 0 Å². The highest BCUT2D eigenvalue weighted by Crippen LogP contribution is 2.12. The third kappa shape index (κ3) is 4.01. The van der Waals surface area contributed by atoms with Gasteiger partial charge >= 0.3 is 0 Å². The van der Waals surface area contributed by atoms with E-state index in [4.69, 9.17) is 5.73 Å². The molecule has 0 aliphatic rings. The highest BCUT2D eigenvalue weighted by Gasteiger charge is 2.08. The van der Waals surface area contributed by atoms with E-state index < -0.39 is 0 Å². The molecule has 4 heteroatoms. The third-order valence-electron chi connectivity index (χ3n) is 2.13. The second-order valence-corrected chi connectivity index (χ2v) is 4.33. The maximum atomic E-state index is 11.7. The summed E-state index contributed by atoms with van der Waals surface area (Å²) in [6.45, 7) is 1.10. The number of amides is 1. The van der Waals surface area contributed by atoms with Crippen molar-refractivity contribution in [2.45, 2.75) is 6.42 Å². The molecule has 1 rings (SSSR count). The summed E-state index contributed by atoms with van der Waals surface area (Å²) in [6, 6.07) is 7.76. The minimum Gasteiger partial charge on any atom is -0.344 e. The van der Waals surface area contributed by atoms with E-state index in [1.165, 1.54) is 0 Å². The molecule has 0 radical (unpaired) electrons. The Morgan fingerprint density at radius 1 is 1.53 bits per heavy atom. The summed E-state index contributed by atoms with van der Waals surface area (Å²) in [4.78, 5) is 13.3. The van der Waals surface area contributed by atoms with Crippen LogP contribution in [0, 0.1) is 0 Å². The van der Waals surface area contributed by atoms with Gasteiger partial charge in [-0.3, -0.25) is 4.79 Å². The number of halogens is 1. The van der Waals surface area contributed by atoms with Crippen LogP contribution >= 0.6 is 15.9 Å². The molecule has 0 aromatic heterocycles. The molecule has 0 unspecified atom stereocenters. The fourth-order valence-electron chi connectivity index (χ4n) is 1.27. The predicted octanol–water partition coefficient (Wildman–Crippen LogP) is 1.41. The van der Waals surface area contributed by atoms with Gasteiger partial charge < -0.3 is 10.6 Å². The van der Waals surface area contributed by atoms with E-state index in [1.807, 2.05) is 24.3 Å². The average Bonchev–Trinajstić information content (AvgIpc) is 2.18. The van der Waals surface area contributed by atoms with Crippen LogP contribution in [0.1, 0.15) is 5.56 Å². The fourth-order valence-corrected chi connectivity index (χ4v) is 1.72. The molecule has 0 atom stereocenters. The molecule has 1 amide bonds. The van der Waals surface area contributed by atoms with Crippen molar-refractivity contribution < 1.29 is 4.79 Å². The van der Waals surface area contributed by atoms with Crippen molar-refractivity contribution in [2.24, 2.45) is 5.73 Å². The summed E-state index contributed by atoms with van der Waals surface area (Å²) < 4.78 is 0.995.